The summed E-state index contributed by atoms with van der Waals surface area (Å²) in [6.45, 7) is 0.392. The summed E-state index contributed by atoms with van der Waals surface area (Å²) in [6, 6.07) is 28.0. The van der Waals surface area contributed by atoms with E-state index in [1.165, 1.54) is 0 Å². The fraction of sp³-hybridized carbons (Fsp3) is 0.107. The maximum absolute atomic E-state index is 12.6. The molecular formula is C28H24NO4S+. The lowest BCUT2D eigenvalue weighted by molar-refractivity contribution is -0.510. The lowest BCUT2D eigenvalue weighted by Crippen LogP contribution is -2.20. The second-order valence-corrected chi connectivity index (χ2v) is 10.1. The van der Waals surface area contributed by atoms with Gasteiger partial charge in [0.15, 0.2) is 28.0 Å². The molecule has 0 fully saturated rings. The van der Waals surface area contributed by atoms with Crippen LogP contribution in [0.4, 0.5) is 0 Å². The summed E-state index contributed by atoms with van der Waals surface area (Å²) in [5, 5.41) is 2.16. The van der Waals surface area contributed by atoms with E-state index in [2.05, 4.69) is 12.3 Å². The zero-order valence-electron chi connectivity index (χ0n) is 18.7. The van der Waals surface area contributed by atoms with Crippen molar-refractivity contribution in [1.82, 2.24) is 0 Å². The number of ether oxygens (including phenoxy) is 2. The van der Waals surface area contributed by atoms with E-state index in [0.29, 0.717) is 11.5 Å². The first-order valence-corrected chi connectivity index (χ1v) is 12.6. The zero-order valence-corrected chi connectivity index (χ0v) is 19.5. The van der Waals surface area contributed by atoms with Gasteiger partial charge in [-0.3, -0.25) is 0 Å². The Morgan fingerprint density at radius 3 is 2.32 bits per heavy atom. The van der Waals surface area contributed by atoms with Crippen LogP contribution in [-0.4, -0.2) is 15.5 Å². The minimum Gasteiger partial charge on any atom is -0.490 e. The maximum atomic E-state index is 12.6. The second-order valence-electron chi connectivity index (χ2n) is 8.11. The molecule has 0 aliphatic rings. The van der Waals surface area contributed by atoms with Gasteiger partial charge in [-0.2, -0.15) is 4.40 Å². The van der Waals surface area contributed by atoms with E-state index in [1.54, 1.807) is 37.4 Å². The van der Waals surface area contributed by atoms with Gasteiger partial charge in [-0.05, 0) is 52.9 Å². The van der Waals surface area contributed by atoms with Crippen LogP contribution in [-0.2, 0) is 22.2 Å². The first-order valence-electron chi connectivity index (χ1n) is 10.9. The van der Waals surface area contributed by atoms with E-state index >= 15 is 0 Å². The van der Waals surface area contributed by atoms with Crippen LogP contribution in [0, 0.1) is 0 Å². The minimum absolute atomic E-state index is 0.0295. The Hall–Kier alpha value is -3.90. The zero-order chi connectivity index (χ0) is 23.5. The molecule has 0 saturated heterocycles. The molecule has 0 unspecified atom stereocenters. The Kier molecular flexibility index (Phi) is 5.90. The lowest BCUT2D eigenvalue weighted by atomic mass is 10.1. The molecule has 0 amide bonds. The normalized spacial score (nSPS) is 11.6. The molecule has 2 heterocycles. The predicted molar refractivity (Wildman–Crippen MR) is 132 cm³/mol. The predicted octanol–water partition coefficient (Wildman–Crippen LogP) is 5.14. The van der Waals surface area contributed by atoms with Gasteiger partial charge in [0, 0.05) is 17.5 Å². The van der Waals surface area contributed by atoms with Crippen molar-refractivity contribution < 1.29 is 22.3 Å². The van der Waals surface area contributed by atoms with Crippen LogP contribution in [0.3, 0.4) is 0 Å². The lowest BCUT2D eigenvalue weighted by Gasteiger charge is -2.09. The van der Waals surface area contributed by atoms with E-state index in [4.69, 9.17) is 9.47 Å². The van der Waals surface area contributed by atoms with Crippen molar-refractivity contribution in [3.63, 3.8) is 0 Å². The third-order valence-corrected chi connectivity index (χ3v) is 7.46. The molecule has 5 nitrogen and oxygen atoms in total. The number of hydrogen-bond acceptors (Lipinski definition) is 4. The molecule has 5 aromatic rings. The molecule has 0 aliphatic heterocycles. The largest absolute Gasteiger partial charge is 0.490 e. The quantitative estimate of drug-likeness (QED) is 0.244. The Morgan fingerprint density at radius 2 is 1.56 bits per heavy atom. The first kappa shape index (κ1) is 21.9. The van der Waals surface area contributed by atoms with Crippen LogP contribution in [0.25, 0.3) is 16.3 Å². The van der Waals surface area contributed by atoms with Crippen molar-refractivity contribution in [2.24, 2.45) is 0 Å². The third-order valence-electron chi connectivity index (χ3n) is 5.76. The number of nitrogens with zero attached hydrogens (tertiary/aromatic N) is 1. The van der Waals surface area contributed by atoms with Crippen LogP contribution in [0.15, 0.2) is 108 Å². The summed E-state index contributed by atoms with van der Waals surface area (Å²) in [4.78, 5) is 0.336. The molecular weight excluding hydrogens is 446 g/mol. The molecule has 3 aromatic carbocycles. The average molecular weight is 471 g/mol. The molecule has 170 valence electrons. The van der Waals surface area contributed by atoms with Crippen molar-refractivity contribution in [1.29, 1.82) is 0 Å². The van der Waals surface area contributed by atoms with Gasteiger partial charge in [-0.1, -0.05) is 42.5 Å². The van der Waals surface area contributed by atoms with E-state index in [1.807, 2.05) is 65.2 Å². The molecule has 2 aromatic heterocycles. The number of fused-ring (bicyclic) bond motifs is 2. The van der Waals surface area contributed by atoms with Crippen LogP contribution in [0.2, 0.25) is 0 Å². The maximum Gasteiger partial charge on any atom is 0.253 e. The second kappa shape index (κ2) is 9.15. The number of sulfone groups is 1. The molecule has 0 spiro atoms. The Balaban J connectivity index is 1.30. The highest BCUT2D eigenvalue weighted by Crippen LogP contribution is 2.25. The summed E-state index contributed by atoms with van der Waals surface area (Å²) in [6.07, 6.45) is 4.07. The van der Waals surface area contributed by atoms with Crippen LogP contribution < -0.4 is 13.9 Å². The highest BCUT2D eigenvalue weighted by atomic mass is 32.2. The highest BCUT2D eigenvalue weighted by molar-refractivity contribution is 7.90. The fourth-order valence-corrected chi connectivity index (χ4v) is 5.33. The fourth-order valence-electron chi connectivity index (χ4n) is 3.96. The smallest absolute Gasteiger partial charge is 0.253 e. The van der Waals surface area contributed by atoms with Crippen molar-refractivity contribution in [2.75, 3.05) is 7.11 Å². The number of benzene rings is 3. The number of hydrogen-bond donors (Lipinski definition) is 0. The van der Waals surface area contributed by atoms with Crippen molar-refractivity contribution in [3.05, 3.63) is 115 Å². The topological polar surface area (TPSA) is 56.7 Å². The summed E-state index contributed by atoms with van der Waals surface area (Å²) in [5.74, 6) is 1.55. The summed E-state index contributed by atoms with van der Waals surface area (Å²) >= 11 is 0. The van der Waals surface area contributed by atoms with Gasteiger partial charge >= 0.3 is 0 Å². The molecule has 0 atom stereocenters. The first-order chi connectivity index (χ1) is 16.5. The number of rotatable bonds is 7. The van der Waals surface area contributed by atoms with E-state index in [-0.39, 0.29) is 5.75 Å². The van der Waals surface area contributed by atoms with Crippen LogP contribution >= 0.6 is 0 Å². The van der Waals surface area contributed by atoms with Crippen LogP contribution in [0.5, 0.6) is 11.5 Å². The molecule has 5 rings (SSSR count). The highest BCUT2D eigenvalue weighted by Gasteiger charge is 2.15. The van der Waals surface area contributed by atoms with E-state index in [0.717, 1.165) is 38.9 Å². The van der Waals surface area contributed by atoms with Gasteiger partial charge in [0.1, 0.15) is 12.4 Å². The van der Waals surface area contributed by atoms with Gasteiger partial charge in [-0.15, -0.1) is 0 Å². The molecule has 0 N–H and O–H groups in total. The summed E-state index contributed by atoms with van der Waals surface area (Å²) in [5.41, 5.74) is 2.70. The Morgan fingerprint density at radius 1 is 0.794 bits per heavy atom. The van der Waals surface area contributed by atoms with Gasteiger partial charge in [0.05, 0.1) is 17.8 Å². The van der Waals surface area contributed by atoms with Gasteiger partial charge in [0.2, 0.25) is 0 Å². The van der Waals surface area contributed by atoms with Crippen molar-refractivity contribution in [3.8, 4) is 11.5 Å². The monoisotopic (exact) mass is 470 g/mol. The average Bonchev–Trinajstić information content (AvgIpc) is 2.87. The minimum atomic E-state index is -3.36. The van der Waals surface area contributed by atoms with E-state index in [9.17, 15) is 8.42 Å². The molecule has 6 heteroatoms. The van der Waals surface area contributed by atoms with Gasteiger partial charge in [-0.25, -0.2) is 8.42 Å². The standard InChI is InChI=1S/C28H24NO4S/c1-32-28-8-5-15-29-18-23-13-14-25(16-24(23)17-27(28)29)33-19-21-9-11-22(12-10-21)20-34(30,31)26-6-3-2-4-7-26/h2-18H,19-20H2,1H3/q+1. The van der Waals surface area contributed by atoms with Crippen molar-refractivity contribution >= 4 is 26.1 Å². The molecule has 0 aliphatic carbocycles. The Bertz CT molecular complexity index is 1560. The third kappa shape index (κ3) is 4.58. The SMILES string of the molecule is COc1ccc[n+]2cc3ccc(OCc4ccc(CS(=O)(=O)c5ccccc5)cc4)cc3cc12. The Labute approximate surface area is 198 Å². The van der Waals surface area contributed by atoms with Gasteiger partial charge in [0.25, 0.3) is 5.52 Å². The van der Waals surface area contributed by atoms with Gasteiger partial charge < -0.3 is 9.47 Å². The number of aromatic nitrogens is 1. The summed E-state index contributed by atoms with van der Waals surface area (Å²) in [7, 11) is -1.70. The summed E-state index contributed by atoms with van der Waals surface area (Å²) < 4.78 is 38.7. The van der Waals surface area contributed by atoms with Crippen LogP contribution in [0.1, 0.15) is 11.1 Å². The molecule has 0 saturated carbocycles. The molecule has 34 heavy (non-hydrogen) atoms. The van der Waals surface area contributed by atoms with Crippen molar-refractivity contribution in [2.45, 2.75) is 17.3 Å². The number of methoxy groups -OCH3 is 1. The molecule has 0 bridgehead atoms. The number of pyridine rings is 2. The molecule has 0 radical (unpaired) electrons. The van der Waals surface area contributed by atoms with E-state index < -0.39 is 9.84 Å².